The molecule has 7 heteroatoms. The standard InChI is InChI=1S/C26H24N4S3/c1-4-30-24(22-16-31-18(3)23(22)19-12-10-17(2)11-13-19)28-29-26(30)33-15-21-14-32-25(27-21)20-8-6-5-7-9-20/h5-14,16H,4,15H2,1-3H3. The predicted molar refractivity (Wildman–Crippen MR) is 141 cm³/mol. The van der Waals surface area contributed by atoms with Crippen LogP contribution < -0.4 is 0 Å². The van der Waals surface area contributed by atoms with E-state index in [1.807, 2.05) is 18.2 Å². The van der Waals surface area contributed by atoms with Crippen molar-refractivity contribution < 1.29 is 0 Å². The smallest absolute Gasteiger partial charge is 0.191 e. The molecule has 166 valence electrons. The molecule has 0 atom stereocenters. The van der Waals surface area contributed by atoms with Gasteiger partial charge in [0.1, 0.15) is 5.01 Å². The fourth-order valence-electron chi connectivity index (χ4n) is 3.80. The number of thiophene rings is 1. The molecule has 0 aliphatic heterocycles. The van der Waals surface area contributed by atoms with Crippen molar-refractivity contribution in [2.75, 3.05) is 0 Å². The van der Waals surface area contributed by atoms with Gasteiger partial charge in [0, 0.05) is 44.6 Å². The Kier molecular flexibility index (Phi) is 6.44. The molecular formula is C26H24N4S3. The zero-order valence-corrected chi connectivity index (χ0v) is 21.2. The van der Waals surface area contributed by atoms with Crippen LogP contribution in [0.4, 0.5) is 0 Å². The molecule has 0 aliphatic rings. The quantitative estimate of drug-likeness (QED) is 0.220. The molecule has 2 aromatic carbocycles. The van der Waals surface area contributed by atoms with Gasteiger partial charge in [0.25, 0.3) is 0 Å². The van der Waals surface area contributed by atoms with Crippen LogP contribution in [0.5, 0.6) is 0 Å². The van der Waals surface area contributed by atoms with E-state index in [2.05, 4.69) is 82.7 Å². The van der Waals surface area contributed by atoms with Crippen molar-refractivity contribution in [3.8, 4) is 33.1 Å². The highest BCUT2D eigenvalue weighted by atomic mass is 32.2. The first-order chi connectivity index (χ1) is 16.1. The van der Waals surface area contributed by atoms with Crippen molar-refractivity contribution >= 4 is 34.4 Å². The minimum Gasteiger partial charge on any atom is -0.302 e. The van der Waals surface area contributed by atoms with Gasteiger partial charge in [0.15, 0.2) is 11.0 Å². The second-order valence-electron chi connectivity index (χ2n) is 7.80. The molecule has 0 bridgehead atoms. The summed E-state index contributed by atoms with van der Waals surface area (Å²) in [6.07, 6.45) is 0. The number of aryl methyl sites for hydroxylation is 2. The summed E-state index contributed by atoms with van der Waals surface area (Å²) in [6.45, 7) is 7.27. The van der Waals surface area contributed by atoms with Crippen molar-refractivity contribution in [1.82, 2.24) is 19.7 Å². The highest BCUT2D eigenvalue weighted by Gasteiger charge is 2.20. The van der Waals surface area contributed by atoms with Gasteiger partial charge < -0.3 is 4.57 Å². The first-order valence-corrected chi connectivity index (χ1v) is 13.6. The van der Waals surface area contributed by atoms with Crippen LogP contribution in [-0.2, 0) is 12.3 Å². The number of hydrogen-bond acceptors (Lipinski definition) is 6. The zero-order chi connectivity index (χ0) is 22.8. The number of nitrogens with zero attached hydrogens (tertiary/aromatic N) is 4. The average molecular weight is 489 g/mol. The number of hydrogen-bond donors (Lipinski definition) is 0. The molecule has 5 rings (SSSR count). The summed E-state index contributed by atoms with van der Waals surface area (Å²) in [5.74, 6) is 1.71. The monoisotopic (exact) mass is 488 g/mol. The lowest BCUT2D eigenvalue weighted by molar-refractivity contribution is 0.687. The number of thioether (sulfide) groups is 1. The molecule has 33 heavy (non-hydrogen) atoms. The number of benzene rings is 2. The van der Waals surface area contributed by atoms with E-state index in [-0.39, 0.29) is 0 Å². The lowest BCUT2D eigenvalue weighted by Crippen LogP contribution is -2.00. The second kappa shape index (κ2) is 9.63. The molecule has 0 radical (unpaired) electrons. The Balaban J connectivity index is 1.40. The van der Waals surface area contributed by atoms with Gasteiger partial charge in [-0.05, 0) is 26.3 Å². The molecular weight excluding hydrogens is 465 g/mol. The van der Waals surface area contributed by atoms with Crippen LogP contribution >= 0.6 is 34.4 Å². The first-order valence-electron chi connectivity index (χ1n) is 10.9. The minimum atomic E-state index is 0.773. The molecule has 0 unspecified atom stereocenters. The van der Waals surface area contributed by atoms with Gasteiger partial charge in [-0.3, -0.25) is 0 Å². The molecule has 0 spiro atoms. The Hall–Kier alpha value is -2.74. The van der Waals surface area contributed by atoms with Crippen LogP contribution in [0, 0.1) is 13.8 Å². The number of thiazole rings is 1. The third kappa shape index (κ3) is 4.53. The van der Waals surface area contributed by atoms with Crippen molar-refractivity contribution in [1.29, 1.82) is 0 Å². The summed E-state index contributed by atoms with van der Waals surface area (Å²) >= 11 is 5.15. The van der Waals surface area contributed by atoms with Gasteiger partial charge in [-0.1, -0.05) is 71.9 Å². The molecule has 3 aromatic heterocycles. The van der Waals surface area contributed by atoms with E-state index in [0.29, 0.717) is 0 Å². The van der Waals surface area contributed by atoms with Crippen LogP contribution in [-0.4, -0.2) is 19.7 Å². The molecule has 0 saturated heterocycles. The summed E-state index contributed by atoms with van der Waals surface area (Å²) in [5.41, 5.74) is 7.14. The molecule has 0 amide bonds. The Morgan fingerprint density at radius 1 is 0.879 bits per heavy atom. The van der Waals surface area contributed by atoms with E-state index in [1.165, 1.54) is 21.6 Å². The third-order valence-electron chi connectivity index (χ3n) is 5.51. The van der Waals surface area contributed by atoms with Gasteiger partial charge in [-0.15, -0.1) is 32.9 Å². The van der Waals surface area contributed by atoms with Crippen molar-refractivity contribution in [2.45, 2.75) is 38.2 Å². The molecule has 0 aliphatic carbocycles. The van der Waals surface area contributed by atoms with Crippen LogP contribution in [0.15, 0.2) is 70.5 Å². The maximum atomic E-state index is 4.82. The fraction of sp³-hybridized carbons (Fsp3) is 0.192. The van der Waals surface area contributed by atoms with E-state index in [1.54, 1.807) is 34.4 Å². The Morgan fingerprint density at radius 3 is 2.42 bits per heavy atom. The zero-order valence-electron chi connectivity index (χ0n) is 18.8. The van der Waals surface area contributed by atoms with Gasteiger partial charge in [0.2, 0.25) is 0 Å². The molecule has 0 fully saturated rings. The van der Waals surface area contributed by atoms with Gasteiger partial charge in [-0.25, -0.2) is 4.98 Å². The maximum absolute atomic E-state index is 4.82. The summed E-state index contributed by atoms with van der Waals surface area (Å²) in [4.78, 5) is 6.12. The van der Waals surface area contributed by atoms with Crippen LogP contribution in [0.2, 0.25) is 0 Å². The minimum absolute atomic E-state index is 0.773. The van der Waals surface area contributed by atoms with Crippen LogP contribution in [0.3, 0.4) is 0 Å². The number of rotatable bonds is 7. The topological polar surface area (TPSA) is 43.6 Å². The number of aromatic nitrogens is 4. The predicted octanol–water partition coefficient (Wildman–Crippen LogP) is 7.73. The molecule has 4 nitrogen and oxygen atoms in total. The molecule has 0 N–H and O–H groups in total. The SMILES string of the molecule is CCn1c(SCc2csc(-c3ccccc3)n2)nnc1-c1csc(C)c1-c1ccc(C)cc1. The molecule has 0 saturated carbocycles. The van der Waals surface area contributed by atoms with Crippen molar-refractivity contribution in [3.63, 3.8) is 0 Å². The van der Waals surface area contributed by atoms with E-state index < -0.39 is 0 Å². The van der Waals surface area contributed by atoms with E-state index in [0.717, 1.165) is 45.1 Å². The van der Waals surface area contributed by atoms with Gasteiger partial charge >= 0.3 is 0 Å². The molecule has 5 aromatic rings. The normalized spacial score (nSPS) is 11.2. The van der Waals surface area contributed by atoms with E-state index in [9.17, 15) is 0 Å². The van der Waals surface area contributed by atoms with E-state index in [4.69, 9.17) is 4.98 Å². The van der Waals surface area contributed by atoms with Crippen molar-refractivity contribution in [3.05, 3.63) is 81.5 Å². The Morgan fingerprint density at radius 2 is 1.67 bits per heavy atom. The first kappa shape index (κ1) is 22.1. The van der Waals surface area contributed by atoms with Crippen LogP contribution in [0.1, 0.15) is 23.1 Å². The van der Waals surface area contributed by atoms with Gasteiger partial charge in [0.05, 0.1) is 5.69 Å². The fourth-order valence-corrected chi connectivity index (χ4v) is 6.49. The van der Waals surface area contributed by atoms with Gasteiger partial charge in [-0.2, -0.15) is 0 Å². The maximum Gasteiger partial charge on any atom is 0.191 e. The highest BCUT2D eigenvalue weighted by molar-refractivity contribution is 7.98. The summed E-state index contributed by atoms with van der Waals surface area (Å²) in [5, 5.41) is 15.5. The summed E-state index contributed by atoms with van der Waals surface area (Å²) < 4.78 is 2.22. The summed E-state index contributed by atoms with van der Waals surface area (Å²) in [7, 11) is 0. The lowest BCUT2D eigenvalue weighted by Gasteiger charge is -2.09. The second-order valence-corrected chi connectivity index (χ2v) is 10.7. The molecule has 3 heterocycles. The Bertz CT molecular complexity index is 1360. The third-order valence-corrected chi connectivity index (χ3v) is 8.36. The average Bonchev–Trinajstić information content (AvgIpc) is 3.57. The largest absolute Gasteiger partial charge is 0.302 e. The Labute approximate surface area is 206 Å². The van der Waals surface area contributed by atoms with E-state index >= 15 is 0 Å². The lowest BCUT2D eigenvalue weighted by atomic mass is 10.0. The van der Waals surface area contributed by atoms with Crippen LogP contribution in [0.25, 0.3) is 33.1 Å². The highest BCUT2D eigenvalue weighted by Crippen LogP contribution is 2.39. The van der Waals surface area contributed by atoms with Crippen molar-refractivity contribution in [2.24, 2.45) is 0 Å². The summed E-state index contributed by atoms with van der Waals surface area (Å²) in [6, 6.07) is 19.1.